The fourth-order valence-electron chi connectivity index (χ4n) is 1.42. The molecule has 0 rings (SSSR count). The zero-order valence-corrected chi connectivity index (χ0v) is 9.89. The molecule has 0 unspecified atom stereocenters. The van der Waals surface area contributed by atoms with Gasteiger partial charge in [-0.15, -0.1) is 6.58 Å². The van der Waals surface area contributed by atoms with Crippen LogP contribution in [0.3, 0.4) is 0 Å². The Labute approximate surface area is 87.9 Å². The van der Waals surface area contributed by atoms with Gasteiger partial charge in [0, 0.05) is 5.41 Å². The van der Waals surface area contributed by atoms with Crippen LogP contribution in [0.5, 0.6) is 0 Å². The molecule has 0 spiro atoms. The Morgan fingerprint density at radius 1 is 1.36 bits per heavy atom. The third-order valence-electron chi connectivity index (χ3n) is 2.69. The highest BCUT2D eigenvalue weighted by Crippen LogP contribution is 2.29. The van der Waals surface area contributed by atoms with E-state index in [1.807, 2.05) is 13.0 Å². The Morgan fingerprint density at radius 3 is 2.29 bits per heavy atom. The van der Waals surface area contributed by atoms with Crippen LogP contribution in [0.2, 0.25) is 0 Å². The molecular formula is C13H22O. The molecule has 0 N–H and O–H groups in total. The highest BCUT2D eigenvalue weighted by atomic mass is 16.1. The molecule has 0 saturated carbocycles. The van der Waals surface area contributed by atoms with E-state index in [0.29, 0.717) is 0 Å². The summed E-state index contributed by atoms with van der Waals surface area (Å²) in [4.78, 5) is 11.5. The van der Waals surface area contributed by atoms with E-state index >= 15 is 0 Å². The molecule has 0 radical (unpaired) electrons. The Bertz CT molecular complexity index is 234. The van der Waals surface area contributed by atoms with E-state index in [-0.39, 0.29) is 11.2 Å². The van der Waals surface area contributed by atoms with Gasteiger partial charge in [0.2, 0.25) is 0 Å². The van der Waals surface area contributed by atoms with Gasteiger partial charge < -0.3 is 0 Å². The van der Waals surface area contributed by atoms with Crippen molar-refractivity contribution < 1.29 is 4.79 Å². The number of hydrogen-bond acceptors (Lipinski definition) is 1. The van der Waals surface area contributed by atoms with Crippen LogP contribution in [0.1, 0.15) is 47.0 Å². The van der Waals surface area contributed by atoms with Gasteiger partial charge in [0.1, 0.15) is 5.78 Å². The van der Waals surface area contributed by atoms with Crippen molar-refractivity contribution in [3.63, 3.8) is 0 Å². The van der Waals surface area contributed by atoms with E-state index in [1.165, 1.54) is 5.57 Å². The third-order valence-corrected chi connectivity index (χ3v) is 2.69. The van der Waals surface area contributed by atoms with Gasteiger partial charge in [0.05, 0.1) is 0 Å². The molecule has 0 aromatic rings. The lowest BCUT2D eigenvalue weighted by molar-refractivity contribution is -0.125. The second-order valence-electron chi connectivity index (χ2n) is 4.43. The summed E-state index contributed by atoms with van der Waals surface area (Å²) in [7, 11) is 0. The van der Waals surface area contributed by atoms with Gasteiger partial charge in [-0.2, -0.15) is 0 Å². The Morgan fingerprint density at radius 2 is 1.93 bits per heavy atom. The molecule has 0 fully saturated rings. The normalized spacial score (nSPS) is 14.3. The lowest BCUT2D eigenvalue weighted by atomic mass is 9.78. The molecule has 80 valence electrons. The predicted molar refractivity (Wildman–Crippen MR) is 62.3 cm³/mol. The minimum Gasteiger partial charge on any atom is -0.299 e. The maximum atomic E-state index is 11.5. The highest BCUT2D eigenvalue weighted by molar-refractivity contribution is 5.82. The molecule has 14 heavy (non-hydrogen) atoms. The third kappa shape index (κ3) is 4.40. The van der Waals surface area contributed by atoms with Crippen LogP contribution < -0.4 is 0 Å². The quantitative estimate of drug-likeness (QED) is 0.586. The summed E-state index contributed by atoms with van der Waals surface area (Å²) in [5.74, 6) is 0.263. The molecular weight excluding hydrogens is 172 g/mol. The smallest absolute Gasteiger partial charge is 0.136 e. The van der Waals surface area contributed by atoms with Crippen molar-refractivity contribution in [3.8, 4) is 0 Å². The molecule has 0 heterocycles. The van der Waals surface area contributed by atoms with E-state index < -0.39 is 0 Å². The topological polar surface area (TPSA) is 17.1 Å². The minimum atomic E-state index is -0.215. The van der Waals surface area contributed by atoms with Crippen LogP contribution in [-0.2, 0) is 4.79 Å². The summed E-state index contributed by atoms with van der Waals surface area (Å²) < 4.78 is 0. The first-order chi connectivity index (χ1) is 6.42. The molecule has 1 atom stereocenters. The van der Waals surface area contributed by atoms with E-state index in [9.17, 15) is 4.79 Å². The van der Waals surface area contributed by atoms with E-state index in [1.54, 1.807) is 6.92 Å². The summed E-state index contributed by atoms with van der Waals surface area (Å²) in [5, 5.41) is 0. The maximum Gasteiger partial charge on any atom is 0.136 e. The van der Waals surface area contributed by atoms with Crippen LogP contribution >= 0.6 is 0 Å². The fourth-order valence-corrected chi connectivity index (χ4v) is 1.42. The van der Waals surface area contributed by atoms with E-state index in [2.05, 4.69) is 26.5 Å². The van der Waals surface area contributed by atoms with Crippen LogP contribution in [0.15, 0.2) is 24.3 Å². The zero-order valence-electron chi connectivity index (χ0n) is 9.89. The predicted octanol–water partition coefficient (Wildman–Crippen LogP) is 3.90. The second kappa shape index (κ2) is 5.79. The SMILES string of the molecule is C=CC[C@](C)(CCC=C(C)C)C(C)=O. The molecule has 0 aliphatic carbocycles. The van der Waals surface area contributed by atoms with Gasteiger partial charge in [-0.05, 0) is 40.0 Å². The molecule has 0 aliphatic heterocycles. The molecule has 0 aromatic heterocycles. The first-order valence-electron chi connectivity index (χ1n) is 5.17. The highest BCUT2D eigenvalue weighted by Gasteiger charge is 2.27. The number of carbonyl (C=O) groups excluding carboxylic acids is 1. The second-order valence-corrected chi connectivity index (χ2v) is 4.43. The number of allylic oxidation sites excluding steroid dienone is 3. The van der Waals surface area contributed by atoms with Crippen molar-refractivity contribution in [1.29, 1.82) is 0 Å². The fraction of sp³-hybridized carbons (Fsp3) is 0.615. The van der Waals surface area contributed by atoms with Crippen molar-refractivity contribution >= 4 is 5.78 Å². The average Bonchev–Trinajstić information content (AvgIpc) is 2.03. The molecule has 0 aromatic carbocycles. The summed E-state index contributed by atoms with van der Waals surface area (Å²) >= 11 is 0. The lowest BCUT2D eigenvalue weighted by Crippen LogP contribution is -2.24. The Balaban J connectivity index is 4.30. The van der Waals surface area contributed by atoms with Gasteiger partial charge >= 0.3 is 0 Å². The molecule has 0 bridgehead atoms. The van der Waals surface area contributed by atoms with E-state index in [4.69, 9.17) is 0 Å². The van der Waals surface area contributed by atoms with Crippen LogP contribution in [-0.4, -0.2) is 5.78 Å². The summed E-state index contributed by atoms with van der Waals surface area (Å²) in [6, 6.07) is 0. The van der Waals surface area contributed by atoms with Gasteiger partial charge in [0.15, 0.2) is 0 Å². The largest absolute Gasteiger partial charge is 0.299 e. The summed E-state index contributed by atoms with van der Waals surface area (Å²) in [5.41, 5.74) is 1.10. The Kier molecular flexibility index (Phi) is 5.44. The summed E-state index contributed by atoms with van der Waals surface area (Å²) in [6.45, 7) is 11.6. The molecule has 0 saturated heterocycles. The molecule has 0 amide bonds. The van der Waals surface area contributed by atoms with Crippen molar-refractivity contribution in [2.45, 2.75) is 47.0 Å². The van der Waals surface area contributed by atoms with Crippen molar-refractivity contribution in [2.24, 2.45) is 5.41 Å². The summed E-state index contributed by atoms with van der Waals surface area (Å²) in [6.07, 6.45) is 6.69. The van der Waals surface area contributed by atoms with Crippen molar-refractivity contribution in [1.82, 2.24) is 0 Å². The number of Topliss-reactive ketones (excluding diaryl/α,β-unsaturated/α-hetero) is 1. The van der Waals surface area contributed by atoms with Crippen molar-refractivity contribution in [3.05, 3.63) is 24.3 Å². The molecule has 0 aliphatic rings. The Hall–Kier alpha value is -0.850. The standard InChI is InChI=1S/C13H22O/c1-6-9-13(5,12(4)14)10-7-8-11(2)3/h6,8H,1,7,9-10H2,2-5H3/t13-/m1/s1. The monoisotopic (exact) mass is 194 g/mol. The van der Waals surface area contributed by atoms with Gasteiger partial charge in [0.25, 0.3) is 0 Å². The number of ketones is 1. The van der Waals surface area contributed by atoms with Gasteiger partial charge in [-0.1, -0.05) is 24.6 Å². The first-order valence-corrected chi connectivity index (χ1v) is 5.17. The average molecular weight is 194 g/mol. The number of rotatable bonds is 6. The molecule has 1 heteroatoms. The first kappa shape index (κ1) is 13.2. The molecule has 1 nitrogen and oxygen atoms in total. The zero-order chi connectivity index (χ0) is 11.2. The van der Waals surface area contributed by atoms with Crippen LogP contribution in [0.25, 0.3) is 0 Å². The van der Waals surface area contributed by atoms with Crippen LogP contribution in [0, 0.1) is 5.41 Å². The number of carbonyl (C=O) groups is 1. The maximum absolute atomic E-state index is 11.5. The van der Waals surface area contributed by atoms with E-state index in [0.717, 1.165) is 19.3 Å². The lowest BCUT2D eigenvalue weighted by Gasteiger charge is -2.24. The van der Waals surface area contributed by atoms with Crippen LogP contribution in [0.4, 0.5) is 0 Å². The number of hydrogen-bond donors (Lipinski definition) is 0. The van der Waals surface area contributed by atoms with Gasteiger partial charge in [-0.3, -0.25) is 4.79 Å². The van der Waals surface area contributed by atoms with Gasteiger partial charge in [-0.25, -0.2) is 0 Å². The van der Waals surface area contributed by atoms with Crippen molar-refractivity contribution in [2.75, 3.05) is 0 Å². The minimum absolute atomic E-state index is 0.215.